The van der Waals surface area contributed by atoms with Crippen LogP contribution in [0.25, 0.3) is 45.3 Å². The Hall–Kier alpha value is -7.57. The fourth-order valence-electron chi connectivity index (χ4n) is 8.28. The molecule has 2 N–H and O–H groups in total. The molecule has 2 aliphatic heterocycles. The SMILES string of the molecule is COc1ccccc1Oc1nccc(-c2c(-c3ccc(F)cc3)ncn2C2CCNCC2)n1.Fc1ccc(-c2ncn(C3CCNCC3)c2-c2ccnc(Oc3cccc(C(F)(F)F)c3)n2)cc1. The summed E-state index contributed by atoms with van der Waals surface area (Å²) in [6.45, 7) is 3.61. The molecule has 0 aliphatic carbocycles. The van der Waals surface area contributed by atoms with E-state index in [1.54, 1.807) is 56.0 Å². The van der Waals surface area contributed by atoms with Gasteiger partial charge in [-0.05, 0) is 143 Å². The highest BCUT2D eigenvalue weighted by Gasteiger charge is 2.31. The Morgan fingerprint density at radius 2 is 1.04 bits per heavy atom. The molecule has 0 unspecified atom stereocenters. The Bertz CT molecular complexity index is 2950. The predicted molar refractivity (Wildman–Crippen MR) is 244 cm³/mol. The molecule has 2 saturated heterocycles. The first-order valence-electron chi connectivity index (χ1n) is 22.0. The number of nitrogens with zero attached hydrogens (tertiary/aromatic N) is 8. The molecule has 18 heteroatoms. The van der Waals surface area contributed by atoms with E-state index in [9.17, 15) is 22.0 Å². The van der Waals surface area contributed by atoms with Gasteiger partial charge in [-0.3, -0.25) is 0 Å². The first-order chi connectivity index (χ1) is 33.1. The zero-order valence-electron chi connectivity index (χ0n) is 36.7. The van der Waals surface area contributed by atoms with Crippen LogP contribution < -0.4 is 24.8 Å². The summed E-state index contributed by atoms with van der Waals surface area (Å²) in [5.74, 6) is 0.461. The highest BCUT2D eigenvalue weighted by atomic mass is 19.4. The average Bonchev–Trinajstić information content (AvgIpc) is 4.02. The molecule has 4 aromatic carbocycles. The van der Waals surface area contributed by atoms with Gasteiger partial charge < -0.3 is 34.0 Å². The van der Waals surface area contributed by atoms with Gasteiger partial charge in [0, 0.05) is 35.6 Å². The van der Waals surface area contributed by atoms with Crippen LogP contribution >= 0.6 is 0 Å². The van der Waals surface area contributed by atoms with E-state index >= 15 is 0 Å². The predicted octanol–water partition coefficient (Wildman–Crippen LogP) is 10.8. The number of ether oxygens (including phenoxy) is 3. The third kappa shape index (κ3) is 10.5. The van der Waals surface area contributed by atoms with Gasteiger partial charge in [0.15, 0.2) is 11.5 Å². The van der Waals surface area contributed by atoms with Crippen molar-refractivity contribution < 1.29 is 36.2 Å². The van der Waals surface area contributed by atoms with Crippen molar-refractivity contribution in [3.05, 3.63) is 151 Å². The molecule has 0 amide bonds. The van der Waals surface area contributed by atoms with Gasteiger partial charge in [0.05, 0.1) is 59.5 Å². The number of methoxy groups -OCH3 is 1. The molecular weight excluding hydrogens is 884 g/mol. The van der Waals surface area contributed by atoms with Crippen molar-refractivity contribution in [3.8, 4) is 74.6 Å². The second-order valence-electron chi connectivity index (χ2n) is 16.0. The molecule has 68 heavy (non-hydrogen) atoms. The lowest BCUT2D eigenvalue weighted by Gasteiger charge is -2.25. The van der Waals surface area contributed by atoms with E-state index in [1.165, 1.54) is 42.6 Å². The van der Waals surface area contributed by atoms with Gasteiger partial charge in [-0.2, -0.15) is 23.1 Å². The van der Waals surface area contributed by atoms with Crippen LogP contribution in [0.1, 0.15) is 43.3 Å². The van der Waals surface area contributed by atoms with E-state index in [4.69, 9.17) is 24.2 Å². The van der Waals surface area contributed by atoms with Crippen molar-refractivity contribution in [2.45, 2.75) is 43.9 Å². The summed E-state index contributed by atoms with van der Waals surface area (Å²) >= 11 is 0. The molecule has 13 nitrogen and oxygen atoms in total. The third-order valence-corrected chi connectivity index (χ3v) is 11.6. The zero-order valence-corrected chi connectivity index (χ0v) is 36.7. The molecule has 0 radical (unpaired) electrons. The van der Waals surface area contributed by atoms with E-state index in [0.717, 1.165) is 80.9 Å². The van der Waals surface area contributed by atoms with Crippen molar-refractivity contribution in [3.63, 3.8) is 0 Å². The molecule has 4 aromatic heterocycles. The van der Waals surface area contributed by atoms with Gasteiger partial charge in [-0.15, -0.1) is 0 Å². The minimum Gasteiger partial charge on any atom is -0.493 e. The number of aromatic nitrogens is 8. The van der Waals surface area contributed by atoms with Gasteiger partial charge in [-0.25, -0.2) is 28.7 Å². The van der Waals surface area contributed by atoms with E-state index < -0.39 is 11.7 Å². The van der Waals surface area contributed by atoms with Crippen LogP contribution in [0.2, 0.25) is 0 Å². The maximum Gasteiger partial charge on any atom is 0.416 e. The maximum atomic E-state index is 13.6. The van der Waals surface area contributed by atoms with E-state index in [1.807, 2.05) is 30.6 Å². The lowest BCUT2D eigenvalue weighted by Crippen LogP contribution is -2.29. The monoisotopic (exact) mass is 928 g/mol. The van der Waals surface area contributed by atoms with Crippen molar-refractivity contribution in [2.75, 3.05) is 33.3 Å². The van der Waals surface area contributed by atoms with Crippen molar-refractivity contribution >= 4 is 0 Å². The van der Waals surface area contributed by atoms with Crippen LogP contribution in [0.5, 0.6) is 29.3 Å². The van der Waals surface area contributed by atoms with E-state index in [0.29, 0.717) is 39.8 Å². The Balaban J connectivity index is 0.000000170. The van der Waals surface area contributed by atoms with E-state index in [-0.39, 0.29) is 41.5 Å². The summed E-state index contributed by atoms with van der Waals surface area (Å²) in [6.07, 6.45) is 6.03. The molecule has 0 bridgehead atoms. The molecule has 348 valence electrons. The molecule has 2 fully saturated rings. The Morgan fingerprint density at radius 1 is 0.559 bits per heavy atom. The summed E-state index contributed by atoms with van der Waals surface area (Å²) in [5.41, 5.74) is 4.83. The van der Waals surface area contributed by atoms with Gasteiger partial charge in [0.25, 0.3) is 0 Å². The molecular formula is C50H45F5N10O3. The Kier molecular flexibility index (Phi) is 13.8. The fourth-order valence-corrected chi connectivity index (χ4v) is 8.28. The second kappa shape index (κ2) is 20.5. The van der Waals surface area contributed by atoms with Crippen molar-refractivity contribution in [1.29, 1.82) is 0 Å². The average molecular weight is 929 g/mol. The van der Waals surface area contributed by atoms with E-state index in [2.05, 4.69) is 39.7 Å². The number of alkyl halides is 3. The van der Waals surface area contributed by atoms with Gasteiger partial charge in [0.2, 0.25) is 0 Å². The standard InChI is InChI=1S/C25H21F4N5O.C25H24FN5O2/c26-18-6-4-16(5-7-18)22-23(34(15-32-22)19-8-11-30-12-9-19)21-10-13-31-24(33-21)35-20-3-1-2-17(14-20)25(27,28)29;1-32-21-4-2-3-5-22(21)33-25-28-15-12-20(30-25)24-23(17-6-8-18(26)9-7-17)29-16-31(24)19-10-13-27-14-11-19/h1-7,10,13-15,19,30H,8-9,11-12H2;2-9,12,15-16,19,27H,10-11,13-14H2,1H3. The molecule has 2 aliphatic rings. The quantitative estimate of drug-likeness (QED) is 0.120. The van der Waals surface area contributed by atoms with Crippen molar-refractivity contribution in [1.82, 2.24) is 49.7 Å². The second-order valence-corrected chi connectivity index (χ2v) is 16.0. The number of rotatable bonds is 11. The van der Waals surface area contributed by atoms with Crippen LogP contribution in [-0.4, -0.2) is 72.3 Å². The van der Waals surface area contributed by atoms with Crippen molar-refractivity contribution in [2.24, 2.45) is 0 Å². The Morgan fingerprint density at radius 3 is 1.53 bits per heavy atom. The van der Waals surface area contributed by atoms with Crippen LogP contribution in [0.15, 0.2) is 134 Å². The van der Waals surface area contributed by atoms with Gasteiger partial charge in [0.1, 0.15) is 17.4 Å². The fraction of sp³-hybridized carbons (Fsp3) is 0.240. The van der Waals surface area contributed by atoms with Gasteiger partial charge in [-0.1, -0.05) is 18.2 Å². The summed E-state index contributed by atoms with van der Waals surface area (Å²) in [6, 6.07) is 28.4. The molecule has 0 saturated carbocycles. The number of para-hydroxylation sites is 2. The zero-order chi connectivity index (χ0) is 47.0. The number of benzene rings is 4. The van der Waals surface area contributed by atoms with Crippen LogP contribution in [-0.2, 0) is 6.18 Å². The first kappa shape index (κ1) is 45.6. The summed E-state index contributed by atoms with van der Waals surface area (Å²) in [5, 5.41) is 6.74. The van der Waals surface area contributed by atoms with Gasteiger partial charge >= 0.3 is 18.2 Å². The summed E-state index contributed by atoms with van der Waals surface area (Å²) in [7, 11) is 1.59. The lowest BCUT2D eigenvalue weighted by atomic mass is 10.0. The molecule has 8 aromatic rings. The number of nitrogens with one attached hydrogen (secondary N) is 2. The summed E-state index contributed by atoms with van der Waals surface area (Å²) < 4.78 is 87.5. The summed E-state index contributed by atoms with van der Waals surface area (Å²) in [4.78, 5) is 26.9. The third-order valence-electron chi connectivity index (χ3n) is 11.6. The van der Waals surface area contributed by atoms with Crippen LogP contribution in [0, 0.1) is 11.6 Å². The van der Waals surface area contributed by atoms with Crippen LogP contribution in [0.3, 0.4) is 0 Å². The minimum atomic E-state index is -4.49. The largest absolute Gasteiger partial charge is 0.493 e. The van der Waals surface area contributed by atoms with Crippen LogP contribution in [0.4, 0.5) is 22.0 Å². The number of hydrogen-bond donors (Lipinski definition) is 2. The maximum absolute atomic E-state index is 13.6. The number of hydrogen-bond acceptors (Lipinski definition) is 11. The minimum absolute atomic E-state index is 0.0254. The molecule has 6 heterocycles. The highest BCUT2D eigenvalue weighted by Crippen LogP contribution is 2.38. The number of piperidine rings is 2. The molecule has 0 atom stereocenters. The molecule has 0 spiro atoms. The normalized spacial score (nSPS) is 14.5. The first-order valence-corrected chi connectivity index (χ1v) is 22.0. The number of imidazole rings is 2. The Labute approximate surface area is 388 Å². The molecule has 10 rings (SSSR count). The smallest absolute Gasteiger partial charge is 0.416 e. The number of halogens is 5. The lowest BCUT2D eigenvalue weighted by molar-refractivity contribution is -0.137. The topological polar surface area (TPSA) is 139 Å². The highest BCUT2D eigenvalue weighted by molar-refractivity contribution is 5.78.